The molecule has 0 saturated heterocycles. The van der Waals surface area contributed by atoms with Crippen molar-refractivity contribution in [3.8, 4) is 5.75 Å². The number of ether oxygens (including phenoxy) is 2. The van der Waals surface area contributed by atoms with Gasteiger partial charge in [-0.1, -0.05) is 6.07 Å². The van der Waals surface area contributed by atoms with E-state index in [0.717, 1.165) is 31.5 Å². The van der Waals surface area contributed by atoms with Crippen molar-refractivity contribution in [2.24, 2.45) is 0 Å². The van der Waals surface area contributed by atoms with Crippen LogP contribution >= 0.6 is 0 Å². The number of nitrogens with one attached hydrogen (secondary N) is 2. The van der Waals surface area contributed by atoms with Crippen molar-refractivity contribution in [1.82, 2.24) is 14.6 Å². The van der Waals surface area contributed by atoms with Crippen LogP contribution in [0.25, 0.3) is 5.65 Å². The summed E-state index contributed by atoms with van der Waals surface area (Å²) in [6.07, 6.45) is 3.24. The molecule has 30 heavy (non-hydrogen) atoms. The third-order valence-electron chi connectivity index (χ3n) is 5.14. The number of halogens is 1. The van der Waals surface area contributed by atoms with Crippen LogP contribution in [0.3, 0.4) is 0 Å². The van der Waals surface area contributed by atoms with Crippen LogP contribution in [0.15, 0.2) is 36.4 Å². The van der Waals surface area contributed by atoms with Crippen molar-refractivity contribution in [3.05, 3.63) is 42.2 Å². The van der Waals surface area contributed by atoms with Gasteiger partial charge in [0.2, 0.25) is 5.95 Å². The third kappa shape index (κ3) is 4.80. The van der Waals surface area contributed by atoms with Gasteiger partial charge in [-0.2, -0.15) is 9.50 Å². The Hall–Kier alpha value is -2.91. The van der Waals surface area contributed by atoms with E-state index in [9.17, 15) is 9.50 Å². The van der Waals surface area contributed by atoms with E-state index in [0.29, 0.717) is 29.9 Å². The van der Waals surface area contributed by atoms with Gasteiger partial charge in [-0.05, 0) is 49.9 Å². The second-order valence-electron chi connectivity index (χ2n) is 7.38. The van der Waals surface area contributed by atoms with Crippen LogP contribution < -0.4 is 15.4 Å². The predicted molar refractivity (Wildman–Crippen MR) is 112 cm³/mol. The van der Waals surface area contributed by atoms with E-state index >= 15 is 0 Å². The minimum absolute atomic E-state index is 0.141. The average Bonchev–Trinajstić information content (AvgIpc) is 3.16. The number of pyridine rings is 1. The summed E-state index contributed by atoms with van der Waals surface area (Å²) in [6, 6.07) is 10.6. The van der Waals surface area contributed by atoms with Gasteiger partial charge in [0.05, 0.1) is 12.7 Å². The van der Waals surface area contributed by atoms with Gasteiger partial charge in [0.15, 0.2) is 17.2 Å². The van der Waals surface area contributed by atoms with E-state index in [1.54, 1.807) is 23.8 Å². The van der Waals surface area contributed by atoms with Crippen molar-refractivity contribution >= 4 is 23.1 Å². The molecule has 0 atom stereocenters. The lowest BCUT2D eigenvalue weighted by molar-refractivity contribution is 0.126. The highest BCUT2D eigenvalue weighted by Crippen LogP contribution is 2.25. The monoisotopic (exact) mass is 415 g/mol. The number of nitrogens with zero attached hydrogens (tertiary/aromatic N) is 3. The number of benzene rings is 1. The zero-order valence-corrected chi connectivity index (χ0v) is 16.8. The molecule has 0 amide bonds. The first-order chi connectivity index (χ1) is 14.6. The highest BCUT2D eigenvalue weighted by molar-refractivity contribution is 5.59. The molecule has 1 aromatic carbocycles. The molecule has 0 spiro atoms. The molecule has 3 aromatic rings. The van der Waals surface area contributed by atoms with E-state index in [4.69, 9.17) is 9.47 Å². The number of rotatable bonds is 8. The van der Waals surface area contributed by atoms with Crippen LogP contribution in [0.2, 0.25) is 0 Å². The van der Waals surface area contributed by atoms with Gasteiger partial charge in [-0.3, -0.25) is 0 Å². The molecule has 1 aliphatic rings. The molecule has 4 rings (SSSR count). The number of aromatic nitrogens is 3. The molecule has 8 nitrogen and oxygen atoms in total. The molecule has 2 heterocycles. The lowest BCUT2D eigenvalue weighted by atomic mass is 9.93. The van der Waals surface area contributed by atoms with Crippen molar-refractivity contribution in [3.63, 3.8) is 0 Å². The van der Waals surface area contributed by atoms with Gasteiger partial charge >= 0.3 is 0 Å². The average molecular weight is 415 g/mol. The number of aliphatic hydroxyl groups excluding tert-OH is 1. The molecule has 1 aliphatic carbocycles. The summed E-state index contributed by atoms with van der Waals surface area (Å²) < 4.78 is 26.0. The smallest absolute Gasteiger partial charge is 0.247 e. The molecule has 1 saturated carbocycles. The summed E-state index contributed by atoms with van der Waals surface area (Å²) in [6.45, 7) is 0.636. The van der Waals surface area contributed by atoms with Gasteiger partial charge < -0.3 is 25.2 Å². The van der Waals surface area contributed by atoms with Crippen LogP contribution in [0.5, 0.6) is 5.75 Å². The first kappa shape index (κ1) is 20.4. The SMILES string of the molecule is COCCOc1cc(Nc2nc3cccc(N[C@H]4CC[C@@H](O)CC4)n3n2)ccc1F. The van der Waals surface area contributed by atoms with Gasteiger partial charge in [-0.15, -0.1) is 5.10 Å². The quantitative estimate of drug-likeness (QED) is 0.486. The summed E-state index contributed by atoms with van der Waals surface area (Å²) in [4.78, 5) is 4.51. The Bertz CT molecular complexity index is 988. The van der Waals surface area contributed by atoms with Crippen LogP contribution in [-0.2, 0) is 4.74 Å². The highest BCUT2D eigenvalue weighted by atomic mass is 19.1. The fourth-order valence-electron chi connectivity index (χ4n) is 3.55. The molecule has 160 valence electrons. The number of methoxy groups -OCH3 is 1. The Kier molecular flexibility index (Phi) is 6.29. The van der Waals surface area contributed by atoms with Crippen molar-refractivity contribution in [2.75, 3.05) is 31.0 Å². The van der Waals surface area contributed by atoms with E-state index < -0.39 is 5.82 Å². The fraction of sp³-hybridized carbons (Fsp3) is 0.429. The molecule has 9 heteroatoms. The van der Waals surface area contributed by atoms with Crippen LogP contribution in [0.1, 0.15) is 25.7 Å². The second kappa shape index (κ2) is 9.27. The van der Waals surface area contributed by atoms with Gasteiger partial charge in [0.1, 0.15) is 12.4 Å². The van der Waals surface area contributed by atoms with E-state index in [2.05, 4.69) is 20.7 Å². The number of anilines is 3. The van der Waals surface area contributed by atoms with Gasteiger partial charge in [0.25, 0.3) is 0 Å². The minimum atomic E-state index is -0.441. The third-order valence-corrected chi connectivity index (χ3v) is 5.14. The predicted octanol–water partition coefficient (Wildman–Crippen LogP) is 3.35. The van der Waals surface area contributed by atoms with Crippen molar-refractivity contribution in [2.45, 2.75) is 37.8 Å². The summed E-state index contributed by atoms with van der Waals surface area (Å²) in [5.74, 6) is 0.946. The maximum Gasteiger partial charge on any atom is 0.247 e. The number of aliphatic hydroxyl groups is 1. The van der Waals surface area contributed by atoms with Crippen LogP contribution in [-0.4, -0.2) is 52.2 Å². The largest absolute Gasteiger partial charge is 0.488 e. The molecule has 0 unspecified atom stereocenters. The van der Waals surface area contributed by atoms with Gasteiger partial charge in [0, 0.05) is 24.9 Å². The Morgan fingerprint density at radius 2 is 2.00 bits per heavy atom. The van der Waals surface area contributed by atoms with E-state index in [1.165, 1.54) is 6.07 Å². The van der Waals surface area contributed by atoms with Crippen LogP contribution in [0, 0.1) is 5.82 Å². The molecule has 3 N–H and O–H groups in total. The Labute approximate surface area is 174 Å². The van der Waals surface area contributed by atoms with Gasteiger partial charge in [-0.25, -0.2) is 4.39 Å². The molecule has 2 aromatic heterocycles. The summed E-state index contributed by atoms with van der Waals surface area (Å²) in [5, 5.41) is 20.9. The molecule has 0 bridgehead atoms. The number of fused-ring (bicyclic) bond motifs is 1. The zero-order chi connectivity index (χ0) is 20.9. The van der Waals surface area contributed by atoms with Crippen LogP contribution in [0.4, 0.5) is 21.8 Å². The second-order valence-corrected chi connectivity index (χ2v) is 7.38. The number of hydrogen-bond donors (Lipinski definition) is 3. The van der Waals surface area contributed by atoms with E-state index in [-0.39, 0.29) is 18.5 Å². The maximum absolute atomic E-state index is 13.9. The topological polar surface area (TPSA) is 92.9 Å². The molecular weight excluding hydrogens is 389 g/mol. The first-order valence-corrected chi connectivity index (χ1v) is 10.1. The standard InChI is InChI=1S/C21H26FN5O3/c1-29-11-12-30-18-13-15(7-10-17(18)22)24-21-25-20-4-2-3-19(27(20)26-21)23-14-5-8-16(28)9-6-14/h2-4,7,10,13-14,16,23,28H,5-6,8-9,11-12H2,1H3,(H,24,26)/t14-,16+. The van der Waals surface area contributed by atoms with E-state index in [1.807, 2.05) is 18.2 Å². The molecule has 1 fully saturated rings. The Balaban J connectivity index is 1.49. The lowest BCUT2D eigenvalue weighted by Gasteiger charge is -2.26. The van der Waals surface area contributed by atoms with Crippen molar-refractivity contribution in [1.29, 1.82) is 0 Å². The first-order valence-electron chi connectivity index (χ1n) is 10.1. The molecule has 0 radical (unpaired) electrons. The van der Waals surface area contributed by atoms with Crippen molar-refractivity contribution < 1.29 is 19.0 Å². The molecule has 0 aliphatic heterocycles. The Morgan fingerprint density at radius 3 is 2.80 bits per heavy atom. The summed E-state index contributed by atoms with van der Waals surface area (Å²) in [5.41, 5.74) is 1.31. The highest BCUT2D eigenvalue weighted by Gasteiger charge is 2.20. The Morgan fingerprint density at radius 1 is 1.17 bits per heavy atom. The summed E-state index contributed by atoms with van der Waals surface area (Å²) >= 11 is 0. The normalized spacial score (nSPS) is 19.0. The minimum Gasteiger partial charge on any atom is -0.488 e. The maximum atomic E-state index is 13.9. The lowest BCUT2D eigenvalue weighted by Crippen LogP contribution is -2.29. The molecular formula is C21H26FN5O3. The zero-order valence-electron chi connectivity index (χ0n) is 16.8. The number of hydrogen-bond acceptors (Lipinski definition) is 7. The fourth-order valence-corrected chi connectivity index (χ4v) is 3.55. The summed E-state index contributed by atoms with van der Waals surface area (Å²) in [7, 11) is 1.56.